The Morgan fingerprint density at radius 3 is 2.83 bits per heavy atom. The third-order valence-electron chi connectivity index (χ3n) is 3.06. The summed E-state index contributed by atoms with van der Waals surface area (Å²) < 4.78 is 0. The zero-order valence-electron chi connectivity index (χ0n) is 13.5. The maximum Gasteiger partial charge on any atom is 0.194 e. The number of benzene rings is 1. The second-order valence-corrected chi connectivity index (χ2v) is 6.76. The standard InChI is InChI=1S/C16H21ClN4S.HI/c1-4-18-16(20-10-15-9-19-12(2)22-15)21(3)11-13-6-5-7-14(17)8-13;/h5-9H,4,10-11H2,1-3H3,(H,18,20);1H. The van der Waals surface area contributed by atoms with Gasteiger partial charge in [0, 0.05) is 36.2 Å². The molecule has 0 spiro atoms. The minimum absolute atomic E-state index is 0. The van der Waals surface area contributed by atoms with Gasteiger partial charge in [0.15, 0.2) is 5.96 Å². The van der Waals surface area contributed by atoms with E-state index in [0.29, 0.717) is 6.54 Å². The maximum atomic E-state index is 6.04. The van der Waals surface area contributed by atoms with E-state index >= 15 is 0 Å². The van der Waals surface area contributed by atoms with Gasteiger partial charge in [0.05, 0.1) is 11.6 Å². The summed E-state index contributed by atoms with van der Waals surface area (Å²) in [4.78, 5) is 12.2. The molecule has 0 saturated heterocycles. The van der Waals surface area contributed by atoms with Crippen molar-refractivity contribution in [2.75, 3.05) is 13.6 Å². The van der Waals surface area contributed by atoms with Gasteiger partial charge in [-0.3, -0.25) is 0 Å². The molecule has 23 heavy (non-hydrogen) atoms. The van der Waals surface area contributed by atoms with Crippen LogP contribution in [0, 0.1) is 6.92 Å². The monoisotopic (exact) mass is 464 g/mol. The van der Waals surface area contributed by atoms with Crippen molar-refractivity contribution >= 4 is 52.9 Å². The van der Waals surface area contributed by atoms with E-state index in [2.05, 4.69) is 33.2 Å². The van der Waals surface area contributed by atoms with Gasteiger partial charge in [0.2, 0.25) is 0 Å². The van der Waals surface area contributed by atoms with Crippen LogP contribution >= 0.6 is 46.9 Å². The summed E-state index contributed by atoms with van der Waals surface area (Å²) in [6, 6.07) is 7.90. The van der Waals surface area contributed by atoms with Gasteiger partial charge >= 0.3 is 0 Å². The lowest BCUT2D eigenvalue weighted by atomic mass is 10.2. The van der Waals surface area contributed by atoms with Crippen LogP contribution in [0.1, 0.15) is 22.4 Å². The molecule has 0 bridgehead atoms. The molecule has 0 amide bonds. The Balaban J connectivity index is 0.00000264. The maximum absolute atomic E-state index is 6.04. The first kappa shape index (κ1) is 20.2. The van der Waals surface area contributed by atoms with E-state index in [4.69, 9.17) is 11.6 Å². The summed E-state index contributed by atoms with van der Waals surface area (Å²) >= 11 is 7.73. The van der Waals surface area contributed by atoms with Crippen LogP contribution in [0.4, 0.5) is 0 Å². The van der Waals surface area contributed by atoms with E-state index in [1.807, 2.05) is 38.4 Å². The first-order valence-corrected chi connectivity index (χ1v) is 8.43. The largest absolute Gasteiger partial charge is 0.357 e. The zero-order valence-corrected chi connectivity index (χ0v) is 17.4. The molecule has 0 atom stereocenters. The highest BCUT2D eigenvalue weighted by atomic mass is 127. The van der Waals surface area contributed by atoms with Gasteiger partial charge in [-0.1, -0.05) is 23.7 Å². The molecular formula is C16H22ClIN4S. The molecule has 7 heteroatoms. The number of halogens is 2. The van der Waals surface area contributed by atoms with Crippen molar-refractivity contribution < 1.29 is 0 Å². The van der Waals surface area contributed by atoms with E-state index in [0.717, 1.165) is 34.6 Å². The highest BCUT2D eigenvalue weighted by Crippen LogP contribution is 2.14. The fourth-order valence-corrected chi connectivity index (χ4v) is 3.02. The first-order valence-electron chi connectivity index (χ1n) is 7.23. The average molecular weight is 465 g/mol. The number of thiazole rings is 1. The minimum atomic E-state index is 0. The van der Waals surface area contributed by atoms with Crippen molar-refractivity contribution in [2.24, 2.45) is 4.99 Å². The molecule has 1 aromatic carbocycles. The quantitative estimate of drug-likeness (QED) is 0.407. The molecule has 4 nitrogen and oxygen atoms in total. The molecule has 2 rings (SSSR count). The Morgan fingerprint density at radius 1 is 1.43 bits per heavy atom. The molecule has 1 heterocycles. The Morgan fingerprint density at radius 2 is 2.22 bits per heavy atom. The number of aryl methyl sites for hydroxylation is 1. The van der Waals surface area contributed by atoms with Gasteiger partial charge in [-0.2, -0.15) is 0 Å². The Kier molecular flexibility index (Phi) is 8.86. The SMILES string of the molecule is CCNC(=NCc1cnc(C)s1)N(C)Cc1cccc(Cl)c1.I. The van der Waals surface area contributed by atoms with E-state index in [1.54, 1.807) is 11.3 Å². The van der Waals surface area contributed by atoms with Gasteiger partial charge in [0.1, 0.15) is 0 Å². The second kappa shape index (κ2) is 10.1. The first-order chi connectivity index (χ1) is 10.6. The number of hydrogen-bond acceptors (Lipinski definition) is 3. The summed E-state index contributed by atoms with van der Waals surface area (Å²) in [5.41, 5.74) is 1.16. The number of aromatic nitrogens is 1. The van der Waals surface area contributed by atoms with E-state index < -0.39 is 0 Å². The van der Waals surface area contributed by atoms with Gasteiger partial charge in [-0.15, -0.1) is 35.3 Å². The molecule has 0 saturated carbocycles. The molecular weight excluding hydrogens is 443 g/mol. The zero-order chi connectivity index (χ0) is 15.9. The Bertz CT molecular complexity index is 645. The Hall–Kier alpha value is -0.860. The number of hydrogen-bond donors (Lipinski definition) is 1. The fourth-order valence-electron chi connectivity index (χ4n) is 2.08. The van der Waals surface area contributed by atoms with Crippen molar-refractivity contribution in [1.82, 2.24) is 15.2 Å². The van der Waals surface area contributed by atoms with Crippen molar-refractivity contribution in [3.05, 3.63) is 50.9 Å². The van der Waals surface area contributed by atoms with Crippen molar-refractivity contribution in [2.45, 2.75) is 26.9 Å². The van der Waals surface area contributed by atoms with E-state index in [1.165, 1.54) is 4.88 Å². The summed E-state index contributed by atoms with van der Waals surface area (Å²) in [7, 11) is 2.03. The third kappa shape index (κ3) is 6.64. The fraction of sp³-hybridized carbons (Fsp3) is 0.375. The summed E-state index contributed by atoms with van der Waals surface area (Å²) in [6.07, 6.45) is 1.89. The smallest absolute Gasteiger partial charge is 0.194 e. The second-order valence-electron chi connectivity index (χ2n) is 5.00. The van der Waals surface area contributed by atoms with Crippen LogP contribution in [0.3, 0.4) is 0 Å². The third-order valence-corrected chi connectivity index (χ3v) is 4.19. The normalized spacial score (nSPS) is 11.0. The lowest BCUT2D eigenvalue weighted by molar-refractivity contribution is 0.477. The molecule has 0 fully saturated rings. The highest BCUT2D eigenvalue weighted by Gasteiger charge is 2.07. The lowest BCUT2D eigenvalue weighted by Crippen LogP contribution is -2.38. The predicted octanol–water partition coefficient (Wildman–Crippen LogP) is 4.32. The highest BCUT2D eigenvalue weighted by molar-refractivity contribution is 14.0. The van der Waals surface area contributed by atoms with Crippen LogP contribution in [-0.2, 0) is 13.1 Å². The summed E-state index contributed by atoms with van der Waals surface area (Å²) in [5.74, 6) is 0.883. The Labute approximate surface area is 164 Å². The van der Waals surface area contributed by atoms with Gasteiger partial charge < -0.3 is 10.2 Å². The lowest BCUT2D eigenvalue weighted by Gasteiger charge is -2.22. The van der Waals surface area contributed by atoms with Crippen LogP contribution in [-0.4, -0.2) is 29.4 Å². The summed E-state index contributed by atoms with van der Waals surface area (Å²) in [5, 5.41) is 5.15. The van der Waals surface area contributed by atoms with Crippen LogP contribution in [0.5, 0.6) is 0 Å². The van der Waals surface area contributed by atoms with Crippen LogP contribution < -0.4 is 5.32 Å². The summed E-state index contributed by atoms with van der Waals surface area (Å²) in [6.45, 7) is 6.32. The van der Waals surface area contributed by atoms with Gasteiger partial charge in [-0.25, -0.2) is 9.98 Å². The van der Waals surface area contributed by atoms with Crippen molar-refractivity contribution in [1.29, 1.82) is 0 Å². The van der Waals surface area contributed by atoms with E-state index in [9.17, 15) is 0 Å². The van der Waals surface area contributed by atoms with E-state index in [-0.39, 0.29) is 24.0 Å². The number of rotatable bonds is 5. The van der Waals surface area contributed by atoms with Crippen molar-refractivity contribution in [3.8, 4) is 0 Å². The molecule has 1 N–H and O–H groups in total. The van der Waals surface area contributed by atoms with Gasteiger partial charge in [-0.05, 0) is 31.5 Å². The molecule has 0 radical (unpaired) electrons. The molecule has 1 aromatic heterocycles. The van der Waals surface area contributed by atoms with Crippen LogP contribution in [0.15, 0.2) is 35.5 Å². The topological polar surface area (TPSA) is 40.5 Å². The predicted molar refractivity (Wildman–Crippen MR) is 110 cm³/mol. The number of nitrogens with zero attached hydrogens (tertiary/aromatic N) is 3. The van der Waals surface area contributed by atoms with Crippen LogP contribution in [0.2, 0.25) is 5.02 Å². The average Bonchev–Trinajstić information content (AvgIpc) is 2.89. The molecule has 0 unspecified atom stereocenters. The molecule has 0 aliphatic heterocycles. The number of aliphatic imine (C=N–C) groups is 1. The van der Waals surface area contributed by atoms with Crippen LogP contribution in [0.25, 0.3) is 0 Å². The minimum Gasteiger partial charge on any atom is -0.357 e. The van der Waals surface area contributed by atoms with Crippen molar-refractivity contribution in [3.63, 3.8) is 0 Å². The van der Waals surface area contributed by atoms with Gasteiger partial charge in [0.25, 0.3) is 0 Å². The molecule has 2 aromatic rings. The number of nitrogens with one attached hydrogen (secondary N) is 1. The number of guanidine groups is 1. The molecule has 0 aliphatic rings. The molecule has 126 valence electrons. The molecule has 0 aliphatic carbocycles.